The summed E-state index contributed by atoms with van der Waals surface area (Å²) < 4.78 is 6.67. The lowest BCUT2D eigenvalue weighted by atomic mass is 10.1. The smallest absolute Gasteiger partial charge is 0.266 e. The minimum atomic E-state index is -0.230. The SMILES string of the molecule is COc1cccc(C(=O)CSc2nc3ccccc3c(=O)n2-c2ccc(C#N)cc2)c1. The molecule has 0 amide bonds. The maximum Gasteiger partial charge on any atom is 0.266 e. The number of thioether (sulfide) groups is 1. The number of ether oxygens (including phenoxy) is 1. The van der Waals surface area contributed by atoms with E-state index in [-0.39, 0.29) is 17.1 Å². The highest BCUT2D eigenvalue weighted by molar-refractivity contribution is 7.99. The van der Waals surface area contributed by atoms with Crippen LogP contribution in [0.5, 0.6) is 5.75 Å². The summed E-state index contributed by atoms with van der Waals surface area (Å²) in [5.74, 6) is 0.612. The Morgan fingerprint density at radius 2 is 1.87 bits per heavy atom. The van der Waals surface area contributed by atoms with E-state index in [0.29, 0.717) is 38.6 Å². The molecule has 0 radical (unpaired) electrons. The third kappa shape index (κ3) is 4.20. The molecule has 152 valence electrons. The lowest BCUT2D eigenvalue weighted by Gasteiger charge is -2.13. The molecule has 7 heteroatoms. The summed E-state index contributed by atoms with van der Waals surface area (Å²) in [5, 5.41) is 9.95. The number of carbonyl (C=O) groups is 1. The molecule has 4 rings (SSSR count). The van der Waals surface area contributed by atoms with Crippen LogP contribution in [0.4, 0.5) is 0 Å². The standard InChI is InChI=1S/C24H17N3O3S/c1-30-19-6-4-5-17(13-19)22(28)15-31-24-26-21-8-3-2-7-20(21)23(29)27(24)18-11-9-16(14-25)10-12-18/h2-13H,15H2,1H3. The van der Waals surface area contributed by atoms with Gasteiger partial charge < -0.3 is 4.74 Å². The van der Waals surface area contributed by atoms with Gasteiger partial charge in [-0.05, 0) is 48.5 Å². The monoisotopic (exact) mass is 427 g/mol. The topological polar surface area (TPSA) is 85.0 Å². The van der Waals surface area contributed by atoms with Crippen LogP contribution < -0.4 is 10.3 Å². The number of methoxy groups -OCH3 is 1. The highest BCUT2D eigenvalue weighted by Gasteiger charge is 2.16. The van der Waals surface area contributed by atoms with Gasteiger partial charge in [0.1, 0.15) is 5.75 Å². The first-order chi connectivity index (χ1) is 15.1. The number of carbonyl (C=O) groups excluding carboxylic acids is 1. The number of rotatable bonds is 6. The second-order valence-electron chi connectivity index (χ2n) is 6.65. The van der Waals surface area contributed by atoms with Crippen LogP contribution in [0.2, 0.25) is 0 Å². The van der Waals surface area contributed by atoms with E-state index in [0.717, 1.165) is 0 Å². The minimum Gasteiger partial charge on any atom is -0.497 e. The molecular formula is C24H17N3O3S. The summed E-state index contributed by atoms with van der Waals surface area (Å²) in [7, 11) is 1.55. The summed E-state index contributed by atoms with van der Waals surface area (Å²) in [5.41, 5.74) is 1.94. The van der Waals surface area contributed by atoms with Crippen LogP contribution in [-0.4, -0.2) is 28.2 Å². The summed E-state index contributed by atoms with van der Waals surface area (Å²) in [6, 6.07) is 22.8. The number of hydrogen-bond donors (Lipinski definition) is 0. The second kappa shape index (κ2) is 8.86. The summed E-state index contributed by atoms with van der Waals surface area (Å²) >= 11 is 1.19. The van der Waals surface area contributed by atoms with Crippen LogP contribution in [0.15, 0.2) is 82.7 Å². The summed E-state index contributed by atoms with van der Waals surface area (Å²) in [6.07, 6.45) is 0. The van der Waals surface area contributed by atoms with Gasteiger partial charge in [0.05, 0.1) is 41.1 Å². The van der Waals surface area contributed by atoms with Crippen molar-refractivity contribution in [3.05, 3.63) is 94.3 Å². The molecule has 0 bridgehead atoms. The van der Waals surface area contributed by atoms with Gasteiger partial charge in [0.25, 0.3) is 5.56 Å². The molecule has 0 aliphatic rings. The Bertz CT molecular complexity index is 1370. The zero-order chi connectivity index (χ0) is 21.8. The number of ketones is 1. The van der Waals surface area contributed by atoms with Gasteiger partial charge in [0.2, 0.25) is 0 Å². The number of hydrogen-bond acceptors (Lipinski definition) is 6. The number of Topliss-reactive ketones (excluding diaryl/α,β-unsaturated/α-hetero) is 1. The van der Waals surface area contributed by atoms with Crippen molar-refractivity contribution in [2.45, 2.75) is 5.16 Å². The van der Waals surface area contributed by atoms with E-state index in [4.69, 9.17) is 10.00 Å². The molecule has 0 saturated heterocycles. The average molecular weight is 427 g/mol. The number of nitrogens with zero attached hydrogens (tertiary/aromatic N) is 3. The molecule has 0 fully saturated rings. The fourth-order valence-electron chi connectivity index (χ4n) is 3.13. The predicted octanol–water partition coefficient (Wildman–Crippen LogP) is 4.24. The van der Waals surface area contributed by atoms with E-state index < -0.39 is 0 Å². The first-order valence-corrected chi connectivity index (χ1v) is 10.4. The van der Waals surface area contributed by atoms with Crippen LogP contribution in [0.25, 0.3) is 16.6 Å². The van der Waals surface area contributed by atoms with E-state index in [1.807, 2.05) is 6.07 Å². The Labute approximate surface area is 182 Å². The number of para-hydroxylation sites is 1. The van der Waals surface area contributed by atoms with Gasteiger partial charge in [-0.15, -0.1) is 0 Å². The van der Waals surface area contributed by atoms with Crippen molar-refractivity contribution < 1.29 is 9.53 Å². The highest BCUT2D eigenvalue weighted by Crippen LogP contribution is 2.23. The Balaban J connectivity index is 1.74. The number of benzene rings is 3. The molecule has 31 heavy (non-hydrogen) atoms. The molecular weight excluding hydrogens is 410 g/mol. The van der Waals surface area contributed by atoms with Crippen LogP contribution in [0, 0.1) is 11.3 Å². The summed E-state index contributed by atoms with van der Waals surface area (Å²) in [4.78, 5) is 30.6. The predicted molar refractivity (Wildman–Crippen MR) is 120 cm³/mol. The quantitative estimate of drug-likeness (QED) is 0.260. The van der Waals surface area contributed by atoms with Crippen molar-refractivity contribution >= 4 is 28.4 Å². The number of aromatic nitrogens is 2. The van der Waals surface area contributed by atoms with E-state index in [1.165, 1.54) is 16.3 Å². The molecule has 0 aliphatic heterocycles. The van der Waals surface area contributed by atoms with Crippen LogP contribution >= 0.6 is 11.8 Å². The fraction of sp³-hybridized carbons (Fsp3) is 0.0833. The third-order valence-corrected chi connectivity index (χ3v) is 5.66. The van der Waals surface area contributed by atoms with Gasteiger partial charge in [0, 0.05) is 5.56 Å². The number of fused-ring (bicyclic) bond motifs is 1. The molecule has 1 aromatic heterocycles. The van der Waals surface area contributed by atoms with Crippen molar-refractivity contribution in [1.29, 1.82) is 5.26 Å². The Morgan fingerprint density at radius 3 is 2.61 bits per heavy atom. The Morgan fingerprint density at radius 1 is 1.10 bits per heavy atom. The van der Waals surface area contributed by atoms with Crippen LogP contribution in [-0.2, 0) is 0 Å². The second-order valence-corrected chi connectivity index (χ2v) is 7.60. The Hall–Kier alpha value is -3.89. The van der Waals surface area contributed by atoms with Gasteiger partial charge in [-0.2, -0.15) is 5.26 Å². The van der Waals surface area contributed by atoms with E-state index in [2.05, 4.69) is 11.1 Å². The van der Waals surface area contributed by atoms with E-state index in [1.54, 1.807) is 73.8 Å². The molecule has 6 nitrogen and oxygen atoms in total. The highest BCUT2D eigenvalue weighted by atomic mass is 32.2. The van der Waals surface area contributed by atoms with Gasteiger partial charge in [0.15, 0.2) is 10.9 Å². The maximum atomic E-state index is 13.2. The van der Waals surface area contributed by atoms with Crippen molar-refractivity contribution in [2.75, 3.05) is 12.9 Å². The fourth-order valence-corrected chi connectivity index (χ4v) is 4.04. The zero-order valence-corrected chi connectivity index (χ0v) is 17.4. The molecule has 0 spiro atoms. The van der Waals surface area contributed by atoms with Crippen molar-refractivity contribution in [1.82, 2.24) is 9.55 Å². The van der Waals surface area contributed by atoms with E-state index >= 15 is 0 Å². The largest absolute Gasteiger partial charge is 0.497 e. The first-order valence-electron chi connectivity index (χ1n) is 9.43. The van der Waals surface area contributed by atoms with Gasteiger partial charge in [-0.1, -0.05) is 36.0 Å². The van der Waals surface area contributed by atoms with Gasteiger partial charge >= 0.3 is 0 Å². The first kappa shape index (κ1) is 20.4. The Kier molecular flexibility index (Phi) is 5.83. The van der Waals surface area contributed by atoms with Crippen LogP contribution in [0.1, 0.15) is 15.9 Å². The van der Waals surface area contributed by atoms with Crippen molar-refractivity contribution in [3.8, 4) is 17.5 Å². The molecule has 0 atom stereocenters. The van der Waals surface area contributed by atoms with Crippen molar-refractivity contribution in [2.24, 2.45) is 0 Å². The molecule has 0 N–H and O–H groups in total. The van der Waals surface area contributed by atoms with Crippen molar-refractivity contribution in [3.63, 3.8) is 0 Å². The lowest BCUT2D eigenvalue weighted by Crippen LogP contribution is -2.22. The molecule has 1 heterocycles. The maximum absolute atomic E-state index is 13.2. The van der Waals surface area contributed by atoms with Gasteiger partial charge in [-0.25, -0.2) is 4.98 Å². The molecule has 0 unspecified atom stereocenters. The zero-order valence-electron chi connectivity index (χ0n) is 16.6. The number of nitriles is 1. The lowest BCUT2D eigenvalue weighted by molar-refractivity contribution is 0.102. The third-order valence-electron chi connectivity index (χ3n) is 4.72. The molecule has 4 aromatic rings. The molecule has 0 aliphatic carbocycles. The van der Waals surface area contributed by atoms with Gasteiger partial charge in [-0.3, -0.25) is 14.2 Å². The normalized spacial score (nSPS) is 10.6. The molecule has 3 aromatic carbocycles. The minimum absolute atomic E-state index is 0.0994. The van der Waals surface area contributed by atoms with E-state index in [9.17, 15) is 9.59 Å². The van der Waals surface area contributed by atoms with Crippen LogP contribution in [0.3, 0.4) is 0 Å². The average Bonchev–Trinajstić information content (AvgIpc) is 2.83. The summed E-state index contributed by atoms with van der Waals surface area (Å²) in [6.45, 7) is 0. The molecule has 0 saturated carbocycles.